The minimum absolute atomic E-state index is 0.124. The van der Waals surface area contributed by atoms with Gasteiger partial charge in [0, 0.05) is 43.1 Å². The second-order valence-electron chi connectivity index (χ2n) is 7.63. The number of benzene rings is 2. The van der Waals surface area contributed by atoms with E-state index in [-0.39, 0.29) is 11.7 Å². The highest BCUT2D eigenvalue weighted by atomic mass is 32.2. The predicted octanol–water partition coefficient (Wildman–Crippen LogP) is 2.56. The number of ether oxygens (including phenoxy) is 1. The number of sulfonamides is 1. The molecule has 180 valence electrons. The lowest BCUT2D eigenvalue weighted by Gasteiger charge is -2.34. The van der Waals surface area contributed by atoms with Crippen LogP contribution in [-0.4, -0.2) is 74.1 Å². The number of carbonyl (C=O) groups is 1. The molecule has 12 heteroatoms. The van der Waals surface area contributed by atoms with Crippen molar-refractivity contribution >= 4 is 39.1 Å². The number of thioether (sulfide) groups is 1. The van der Waals surface area contributed by atoms with Crippen LogP contribution in [0.15, 0.2) is 58.2 Å². The van der Waals surface area contributed by atoms with Gasteiger partial charge in [0.15, 0.2) is 0 Å². The lowest BCUT2D eigenvalue weighted by Crippen LogP contribution is -2.48. The fraction of sp³-hybridized carbons (Fsp3) is 0.318. The van der Waals surface area contributed by atoms with Crippen molar-refractivity contribution in [1.82, 2.24) is 14.5 Å². The Balaban J connectivity index is 1.26. The number of amides is 1. The Kier molecular flexibility index (Phi) is 7.39. The first-order chi connectivity index (χ1) is 16.3. The number of aromatic nitrogens is 2. The molecule has 2 heterocycles. The zero-order chi connectivity index (χ0) is 24.1. The Bertz CT molecular complexity index is 1220. The zero-order valence-electron chi connectivity index (χ0n) is 18.8. The normalized spacial score (nSPS) is 14.7. The van der Waals surface area contributed by atoms with Gasteiger partial charge in [-0.3, -0.25) is 4.79 Å². The summed E-state index contributed by atoms with van der Waals surface area (Å²) < 4.78 is 35.6. The van der Waals surface area contributed by atoms with Crippen LogP contribution >= 0.6 is 11.8 Å². The largest absolute Gasteiger partial charge is 0.497 e. The Morgan fingerprint density at radius 3 is 2.35 bits per heavy atom. The molecule has 0 atom stereocenters. The lowest BCUT2D eigenvalue weighted by molar-refractivity contribution is -0.113. The van der Waals surface area contributed by atoms with Crippen LogP contribution in [0, 0.1) is 0 Å². The Labute approximate surface area is 202 Å². The number of piperazine rings is 1. The quantitative estimate of drug-likeness (QED) is 0.463. The first-order valence-electron chi connectivity index (χ1n) is 10.5. The third kappa shape index (κ3) is 6.07. The summed E-state index contributed by atoms with van der Waals surface area (Å²) in [7, 11) is -1.56. The van der Waals surface area contributed by atoms with E-state index in [0.717, 1.165) is 28.8 Å². The van der Waals surface area contributed by atoms with Crippen molar-refractivity contribution in [2.75, 3.05) is 55.5 Å². The summed E-state index contributed by atoms with van der Waals surface area (Å²) in [5.41, 5.74) is 2.42. The molecule has 1 aromatic heterocycles. The van der Waals surface area contributed by atoms with Crippen LogP contribution in [0.5, 0.6) is 5.75 Å². The summed E-state index contributed by atoms with van der Waals surface area (Å²) in [6.45, 7) is 2.17. The number of nitrogens with one attached hydrogen (secondary N) is 1. The molecule has 1 N–H and O–H groups in total. The molecule has 10 nitrogen and oxygen atoms in total. The van der Waals surface area contributed by atoms with Crippen LogP contribution in [0.1, 0.15) is 0 Å². The average Bonchev–Trinajstić information content (AvgIpc) is 3.32. The van der Waals surface area contributed by atoms with Gasteiger partial charge in [0.2, 0.25) is 21.8 Å². The number of anilines is 2. The molecule has 34 heavy (non-hydrogen) atoms. The second kappa shape index (κ2) is 10.5. The number of carbonyl (C=O) groups excluding carboxylic acids is 1. The minimum Gasteiger partial charge on any atom is -0.497 e. The van der Waals surface area contributed by atoms with E-state index in [4.69, 9.17) is 9.15 Å². The average molecular weight is 504 g/mol. The molecule has 0 unspecified atom stereocenters. The van der Waals surface area contributed by atoms with E-state index in [9.17, 15) is 13.2 Å². The zero-order valence-corrected chi connectivity index (χ0v) is 20.4. The second-order valence-corrected chi connectivity index (χ2v) is 10.5. The predicted molar refractivity (Wildman–Crippen MR) is 131 cm³/mol. The maximum atomic E-state index is 12.3. The van der Waals surface area contributed by atoms with Crippen LogP contribution in [-0.2, 0) is 14.8 Å². The molecule has 0 aliphatic carbocycles. The maximum Gasteiger partial charge on any atom is 0.277 e. The maximum absolute atomic E-state index is 12.3. The highest BCUT2D eigenvalue weighted by Crippen LogP contribution is 2.25. The summed E-state index contributed by atoms with van der Waals surface area (Å²) in [6, 6.07) is 14.7. The van der Waals surface area contributed by atoms with Gasteiger partial charge in [-0.2, -0.15) is 4.31 Å². The molecule has 1 aliphatic heterocycles. The van der Waals surface area contributed by atoms with Crippen LogP contribution in [0.25, 0.3) is 11.5 Å². The lowest BCUT2D eigenvalue weighted by atomic mass is 10.2. The summed E-state index contributed by atoms with van der Waals surface area (Å²) in [6.07, 6.45) is 1.23. The SMILES string of the molecule is COc1ccc(-c2nnc(SCC(=O)Nc3ccc(N4CCN(S(C)(=O)=O)CC4)cc3)o2)cc1. The summed E-state index contributed by atoms with van der Waals surface area (Å²) in [4.78, 5) is 14.5. The summed E-state index contributed by atoms with van der Waals surface area (Å²) in [5.74, 6) is 1.04. The third-order valence-corrected chi connectivity index (χ3v) is 7.42. The topological polar surface area (TPSA) is 118 Å². The first-order valence-corrected chi connectivity index (χ1v) is 13.4. The minimum atomic E-state index is -3.16. The number of methoxy groups -OCH3 is 1. The van der Waals surface area contributed by atoms with Gasteiger partial charge in [-0.25, -0.2) is 8.42 Å². The molecule has 3 aromatic rings. The number of rotatable bonds is 8. The van der Waals surface area contributed by atoms with Crippen molar-refractivity contribution in [3.05, 3.63) is 48.5 Å². The number of hydrogen-bond donors (Lipinski definition) is 1. The van der Waals surface area contributed by atoms with Gasteiger partial charge in [-0.1, -0.05) is 11.8 Å². The van der Waals surface area contributed by atoms with E-state index in [1.54, 1.807) is 19.2 Å². The molecule has 1 amide bonds. The monoisotopic (exact) mass is 503 g/mol. The van der Waals surface area contributed by atoms with Crippen molar-refractivity contribution in [3.8, 4) is 17.2 Å². The molecule has 1 fully saturated rings. The van der Waals surface area contributed by atoms with E-state index in [2.05, 4.69) is 20.4 Å². The van der Waals surface area contributed by atoms with Crippen molar-refractivity contribution in [2.45, 2.75) is 5.22 Å². The Hall–Kier alpha value is -3.09. The summed E-state index contributed by atoms with van der Waals surface area (Å²) >= 11 is 1.16. The molecular formula is C22H25N5O5S2. The van der Waals surface area contributed by atoms with Crippen molar-refractivity contribution in [3.63, 3.8) is 0 Å². The molecule has 0 radical (unpaired) electrons. The van der Waals surface area contributed by atoms with Crippen molar-refractivity contribution in [2.24, 2.45) is 0 Å². The van der Waals surface area contributed by atoms with Gasteiger partial charge in [0.25, 0.3) is 5.22 Å². The van der Waals surface area contributed by atoms with E-state index in [1.807, 2.05) is 36.4 Å². The van der Waals surface area contributed by atoms with Gasteiger partial charge >= 0.3 is 0 Å². The van der Waals surface area contributed by atoms with E-state index >= 15 is 0 Å². The standard InChI is InChI=1S/C22H25N5O5S2/c1-31-19-9-3-16(4-10-19)21-24-25-22(32-21)33-15-20(28)23-17-5-7-18(8-6-17)26-11-13-27(14-12-26)34(2,29)30/h3-10H,11-15H2,1-2H3,(H,23,28). The Morgan fingerprint density at radius 1 is 1.06 bits per heavy atom. The fourth-order valence-electron chi connectivity index (χ4n) is 3.48. The molecule has 0 spiro atoms. The highest BCUT2D eigenvalue weighted by Gasteiger charge is 2.23. The molecule has 4 rings (SSSR count). The molecule has 1 aliphatic rings. The number of hydrogen-bond acceptors (Lipinski definition) is 9. The van der Waals surface area contributed by atoms with Crippen molar-refractivity contribution < 1.29 is 22.4 Å². The molecular weight excluding hydrogens is 478 g/mol. The smallest absolute Gasteiger partial charge is 0.277 e. The molecule has 1 saturated heterocycles. The molecule has 0 saturated carbocycles. The van der Waals surface area contributed by atoms with Crippen LogP contribution in [0.2, 0.25) is 0 Å². The van der Waals surface area contributed by atoms with Gasteiger partial charge in [-0.15, -0.1) is 10.2 Å². The van der Waals surface area contributed by atoms with Crippen LogP contribution < -0.4 is 15.0 Å². The highest BCUT2D eigenvalue weighted by molar-refractivity contribution is 7.99. The third-order valence-electron chi connectivity index (χ3n) is 5.29. The van der Waals surface area contributed by atoms with Gasteiger partial charge in [0.1, 0.15) is 5.75 Å². The van der Waals surface area contributed by atoms with Crippen molar-refractivity contribution in [1.29, 1.82) is 0 Å². The van der Waals surface area contributed by atoms with E-state index < -0.39 is 10.0 Å². The Morgan fingerprint density at radius 2 is 1.74 bits per heavy atom. The van der Waals surface area contributed by atoms with E-state index in [1.165, 1.54) is 10.6 Å². The molecule has 2 aromatic carbocycles. The molecule has 0 bridgehead atoms. The number of nitrogens with zero attached hydrogens (tertiary/aromatic N) is 4. The van der Waals surface area contributed by atoms with Crippen LogP contribution in [0.3, 0.4) is 0 Å². The van der Waals surface area contributed by atoms with Gasteiger partial charge < -0.3 is 19.4 Å². The van der Waals surface area contributed by atoms with Crippen LogP contribution in [0.4, 0.5) is 11.4 Å². The summed E-state index contributed by atoms with van der Waals surface area (Å²) in [5, 5.41) is 11.2. The fourth-order valence-corrected chi connectivity index (χ4v) is 4.87. The van der Waals surface area contributed by atoms with E-state index in [0.29, 0.717) is 43.0 Å². The first kappa shape index (κ1) is 24.0. The van der Waals surface area contributed by atoms with Gasteiger partial charge in [0.05, 0.1) is 19.1 Å². The van der Waals surface area contributed by atoms with Gasteiger partial charge in [-0.05, 0) is 48.5 Å².